The zero-order valence-electron chi connectivity index (χ0n) is 21.1. The van der Waals surface area contributed by atoms with Crippen molar-refractivity contribution in [2.75, 3.05) is 0 Å². The van der Waals surface area contributed by atoms with Gasteiger partial charge in [0.05, 0.1) is 6.42 Å². The van der Waals surface area contributed by atoms with E-state index in [0.717, 1.165) is 34.2 Å². The maximum atomic E-state index is 13.8. The Morgan fingerprint density at radius 3 is 2.29 bits per heavy atom. The Balaban J connectivity index is 1.99. The summed E-state index contributed by atoms with van der Waals surface area (Å²) in [5, 5.41) is 3.07. The number of carbonyl (C=O) groups is 2. The summed E-state index contributed by atoms with van der Waals surface area (Å²) >= 11 is 0. The molecule has 5 heteroatoms. The zero-order chi connectivity index (χ0) is 25.4. The van der Waals surface area contributed by atoms with Crippen LogP contribution in [0, 0.1) is 19.7 Å². The van der Waals surface area contributed by atoms with Gasteiger partial charge in [-0.15, -0.1) is 0 Å². The molecule has 0 aliphatic rings. The lowest BCUT2D eigenvalue weighted by atomic mass is 9.99. The van der Waals surface area contributed by atoms with Gasteiger partial charge in [-0.05, 0) is 61.6 Å². The Morgan fingerprint density at radius 1 is 0.943 bits per heavy atom. The minimum atomic E-state index is -0.700. The third-order valence-electron chi connectivity index (χ3n) is 6.38. The van der Waals surface area contributed by atoms with Crippen LogP contribution in [0.1, 0.15) is 48.1 Å². The Kier molecular flexibility index (Phi) is 9.18. The number of hydrogen-bond donors (Lipinski definition) is 1. The topological polar surface area (TPSA) is 49.4 Å². The molecule has 4 nitrogen and oxygen atoms in total. The lowest BCUT2D eigenvalue weighted by Crippen LogP contribution is -2.52. The van der Waals surface area contributed by atoms with Crippen LogP contribution >= 0.6 is 0 Å². The Bertz CT molecular complexity index is 1130. The largest absolute Gasteiger partial charge is 0.352 e. The van der Waals surface area contributed by atoms with E-state index in [0.29, 0.717) is 6.42 Å². The standard InChI is InChI=1S/C30H35FN2O2/c1-5-23(4)32-30(35)28(18-24-9-7-6-8-10-24)33(20-25-13-15-27(31)16-14-25)29(34)19-26-17-21(2)11-12-22(26)3/h6-17,23,28H,5,18-20H2,1-4H3,(H,32,35). The van der Waals surface area contributed by atoms with Crippen molar-refractivity contribution in [3.8, 4) is 0 Å². The summed E-state index contributed by atoms with van der Waals surface area (Å²) in [5.41, 5.74) is 4.81. The minimum Gasteiger partial charge on any atom is -0.352 e. The third-order valence-corrected chi connectivity index (χ3v) is 6.38. The number of carbonyl (C=O) groups excluding carboxylic acids is 2. The predicted octanol–water partition coefficient (Wildman–Crippen LogP) is 5.54. The average molecular weight is 475 g/mol. The fourth-order valence-corrected chi connectivity index (χ4v) is 4.04. The molecular formula is C30H35FN2O2. The summed E-state index contributed by atoms with van der Waals surface area (Å²) < 4.78 is 13.6. The Morgan fingerprint density at radius 2 is 1.63 bits per heavy atom. The third kappa shape index (κ3) is 7.51. The molecule has 0 saturated heterocycles. The van der Waals surface area contributed by atoms with E-state index in [9.17, 15) is 14.0 Å². The number of amides is 2. The molecule has 0 fully saturated rings. The predicted molar refractivity (Wildman–Crippen MR) is 138 cm³/mol. The molecule has 1 N–H and O–H groups in total. The summed E-state index contributed by atoms with van der Waals surface area (Å²) in [7, 11) is 0. The molecule has 0 bridgehead atoms. The van der Waals surface area contributed by atoms with Crippen molar-refractivity contribution in [3.63, 3.8) is 0 Å². The van der Waals surface area contributed by atoms with Gasteiger partial charge in [-0.2, -0.15) is 0 Å². The second-order valence-electron chi connectivity index (χ2n) is 9.28. The fraction of sp³-hybridized carbons (Fsp3) is 0.333. The SMILES string of the molecule is CCC(C)NC(=O)C(Cc1ccccc1)N(Cc1ccc(F)cc1)C(=O)Cc1cc(C)ccc1C. The molecule has 3 aromatic carbocycles. The van der Waals surface area contributed by atoms with E-state index >= 15 is 0 Å². The quantitative estimate of drug-likeness (QED) is 0.419. The molecule has 0 aromatic heterocycles. The van der Waals surface area contributed by atoms with Crippen molar-refractivity contribution < 1.29 is 14.0 Å². The number of nitrogens with zero attached hydrogens (tertiary/aromatic N) is 1. The van der Waals surface area contributed by atoms with Crippen LogP contribution in [0.2, 0.25) is 0 Å². The van der Waals surface area contributed by atoms with E-state index in [1.807, 2.05) is 76.2 Å². The van der Waals surface area contributed by atoms with Crippen molar-refractivity contribution in [1.29, 1.82) is 0 Å². The first-order valence-corrected chi connectivity index (χ1v) is 12.2. The van der Waals surface area contributed by atoms with Crippen LogP contribution in [-0.4, -0.2) is 28.8 Å². The van der Waals surface area contributed by atoms with Crippen LogP contribution in [0.5, 0.6) is 0 Å². The minimum absolute atomic E-state index is 0.0115. The van der Waals surface area contributed by atoms with Gasteiger partial charge in [0.15, 0.2) is 0 Å². The van der Waals surface area contributed by atoms with Crippen LogP contribution in [0.3, 0.4) is 0 Å². The molecule has 0 spiro atoms. The van der Waals surface area contributed by atoms with Gasteiger partial charge in [0.2, 0.25) is 11.8 Å². The summed E-state index contributed by atoms with van der Waals surface area (Å²) in [4.78, 5) is 29.0. The lowest BCUT2D eigenvalue weighted by Gasteiger charge is -2.32. The Hall–Kier alpha value is -3.47. The van der Waals surface area contributed by atoms with E-state index in [-0.39, 0.29) is 36.6 Å². The molecule has 0 saturated carbocycles. The molecule has 0 radical (unpaired) electrons. The maximum absolute atomic E-state index is 13.8. The molecule has 3 rings (SSSR count). The second kappa shape index (κ2) is 12.3. The number of aryl methyl sites for hydroxylation is 2. The summed E-state index contributed by atoms with van der Waals surface area (Å²) in [6.07, 6.45) is 1.37. The highest BCUT2D eigenvalue weighted by Crippen LogP contribution is 2.19. The zero-order valence-corrected chi connectivity index (χ0v) is 21.1. The highest BCUT2D eigenvalue weighted by atomic mass is 19.1. The van der Waals surface area contributed by atoms with Crippen molar-refractivity contribution in [1.82, 2.24) is 10.2 Å². The molecule has 2 atom stereocenters. The van der Waals surface area contributed by atoms with Crippen LogP contribution in [-0.2, 0) is 29.0 Å². The van der Waals surface area contributed by atoms with E-state index in [1.54, 1.807) is 17.0 Å². The number of halogens is 1. The molecule has 2 unspecified atom stereocenters. The molecule has 0 aliphatic carbocycles. The van der Waals surface area contributed by atoms with Crippen molar-refractivity contribution in [3.05, 3.63) is 106 Å². The van der Waals surface area contributed by atoms with Gasteiger partial charge in [-0.25, -0.2) is 4.39 Å². The van der Waals surface area contributed by atoms with Gasteiger partial charge >= 0.3 is 0 Å². The summed E-state index contributed by atoms with van der Waals surface area (Å²) in [5.74, 6) is -0.653. The van der Waals surface area contributed by atoms with E-state index in [2.05, 4.69) is 5.32 Å². The first-order valence-electron chi connectivity index (χ1n) is 12.2. The normalized spacial score (nSPS) is 12.6. The number of nitrogens with one attached hydrogen (secondary N) is 1. The molecule has 0 aliphatic heterocycles. The smallest absolute Gasteiger partial charge is 0.243 e. The van der Waals surface area contributed by atoms with Gasteiger partial charge in [0.1, 0.15) is 11.9 Å². The first-order chi connectivity index (χ1) is 16.8. The fourth-order valence-electron chi connectivity index (χ4n) is 4.04. The van der Waals surface area contributed by atoms with Crippen LogP contribution < -0.4 is 5.32 Å². The molecular weight excluding hydrogens is 439 g/mol. The van der Waals surface area contributed by atoms with Gasteiger partial charge < -0.3 is 10.2 Å². The number of benzene rings is 3. The highest BCUT2D eigenvalue weighted by molar-refractivity contribution is 5.89. The second-order valence-corrected chi connectivity index (χ2v) is 9.28. The maximum Gasteiger partial charge on any atom is 0.243 e. The van der Waals surface area contributed by atoms with Gasteiger partial charge in [0, 0.05) is 19.0 Å². The van der Waals surface area contributed by atoms with Gasteiger partial charge in [-0.1, -0.05) is 73.2 Å². The number of hydrogen-bond acceptors (Lipinski definition) is 2. The van der Waals surface area contributed by atoms with Crippen molar-refractivity contribution in [2.45, 2.75) is 65.6 Å². The first kappa shape index (κ1) is 26.1. The van der Waals surface area contributed by atoms with Crippen molar-refractivity contribution >= 4 is 11.8 Å². The molecule has 35 heavy (non-hydrogen) atoms. The summed E-state index contributed by atoms with van der Waals surface area (Å²) in [6, 6.07) is 21.2. The molecule has 0 heterocycles. The van der Waals surface area contributed by atoms with Crippen molar-refractivity contribution in [2.24, 2.45) is 0 Å². The van der Waals surface area contributed by atoms with E-state index in [4.69, 9.17) is 0 Å². The van der Waals surface area contributed by atoms with Crippen LogP contribution in [0.15, 0.2) is 72.8 Å². The monoisotopic (exact) mass is 474 g/mol. The molecule has 2 amide bonds. The van der Waals surface area contributed by atoms with Gasteiger partial charge in [0.25, 0.3) is 0 Å². The molecule has 3 aromatic rings. The highest BCUT2D eigenvalue weighted by Gasteiger charge is 2.31. The summed E-state index contributed by atoms with van der Waals surface area (Å²) in [6.45, 7) is 8.18. The lowest BCUT2D eigenvalue weighted by molar-refractivity contribution is -0.141. The Labute approximate surface area is 208 Å². The average Bonchev–Trinajstić information content (AvgIpc) is 2.85. The van der Waals surface area contributed by atoms with E-state index in [1.165, 1.54) is 12.1 Å². The number of rotatable bonds is 10. The van der Waals surface area contributed by atoms with Gasteiger partial charge in [-0.3, -0.25) is 9.59 Å². The van der Waals surface area contributed by atoms with Crippen LogP contribution in [0.25, 0.3) is 0 Å². The van der Waals surface area contributed by atoms with Crippen LogP contribution in [0.4, 0.5) is 4.39 Å². The van der Waals surface area contributed by atoms with E-state index < -0.39 is 6.04 Å². The molecule has 184 valence electrons.